The lowest BCUT2D eigenvalue weighted by Crippen LogP contribution is -2.22. The molecule has 0 spiro atoms. The van der Waals surface area contributed by atoms with Gasteiger partial charge in [-0.3, -0.25) is 0 Å². The minimum atomic E-state index is 0.417. The highest BCUT2D eigenvalue weighted by molar-refractivity contribution is 14.1. The Hall–Kier alpha value is -0.780. The molecule has 0 unspecified atom stereocenters. The molecule has 2 aromatic rings. The van der Waals surface area contributed by atoms with Gasteiger partial charge in [-0.05, 0) is 52.9 Å². The third kappa shape index (κ3) is 4.36. The fraction of sp³-hybridized carbons (Fsp3) is 0.250. The van der Waals surface area contributed by atoms with Crippen LogP contribution < -0.4 is 10.1 Å². The summed E-state index contributed by atoms with van der Waals surface area (Å²) in [5.74, 6) is 1.52. The maximum absolute atomic E-state index is 6.27. The van der Waals surface area contributed by atoms with E-state index in [9.17, 15) is 0 Å². The van der Waals surface area contributed by atoms with Gasteiger partial charge in [-0.25, -0.2) is 0 Å². The van der Waals surface area contributed by atoms with Crippen molar-refractivity contribution in [2.75, 3.05) is 0 Å². The van der Waals surface area contributed by atoms with Gasteiger partial charge < -0.3 is 10.1 Å². The Kier molecular flexibility index (Phi) is 5.69. The number of rotatable bonds is 5. The molecule has 0 aliphatic carbocycles. The van der Waals surface area contributed by atoms with Crippen molar-refractivity contribution < 1.29 is 4.74 Å². The number of para-hydroxylation sites is 1. The zero-order chi connectivity index (χ0) is 14.5. The van der Waals surface area contributed by atoms with Crippen molar-refractivity contribution in [3.05, 3.63) is 56.6 Å². The third-order valence-electron chi connectivity index (χ3n) is 2.78. The Labute approximate surface area is 138 Å². The van der Waals surface area contributed by atoms with Gasteiger partial charge in [0.15, 0.2) is 0 Å². The van der Waals surface area contributed by atoms with E-state index in [1.807, 2.05) is 42.5 Å². The summed E-state index contributed by atoms with van der Waals surface area (Å²) in [6.07, 6.45) is 0. The summed E-state index contributed by atoms with van der Waals surface area (Å²) >= 11 is 8.54. The second-order valence-corrected chi connectivity index (χ2v) is 6.47. The van der Waals surface area contributed by atoms with Crippen LogP contribution in [-0.2, 0) is 6.54 Å². The maximum Gasteiger partial charge on any atom is 0.150 e. The summed E-state index contributed by atoms with van der Waals surface area (Å²) in [5, 5.41) is 4.02. The molecule has 0 amide bonds. The van der Waals surface area contributed by atoms with E-state index in [-0.39, 0.29) is 0 Å². The van der Waals surface area contributed by atoms with Gasteiger partial charge in [0.25, 0.3) is 0 Å². The smallest absolute Gasteiger partial charge is 0.150 e. The Morgan fingerprint density at radius 2 is 1.85 bits per heavy atom. The average Bonchev–Trinajstić information content (AvgIpc) is 2.41. The topological polar surface area (TPSA) is 21.3 Å². The van der Waals surface area contributed by atoms with Crippen molar-refractivity contribution in [3.8, 4) is 11.5 Å². The summed E-state index contributed by atoms with van der Waals surface area (Å²) in [4.78, 5) is 0. The van der Waals surface area contributed by atoms with Crippen LogP contribution in [0.25, 0.3) is 0 Å². The predicted octanol–water partition coefficient (Wildman–Crippen LogP) is 5.23. The molecule has 20 heavy (non-hydrogen) atoms. The van der Waals surface area contributed by atoms with E-state index in [0.717, 1.165) is 23.6 Å². The summed E-state index contributed by atoms with van der Waals surface area (Å²) in [7, 11) is 0. The summed E-state index contributed by atoms with van der Waals surface area (Å²) < 4.78 is 7.13. The molecule has 0 aliphatic heterocycles. The Bertz CT molecular complexity index is 569. The molecule has 2 nitrogen and oxygen atoms in total. The molecule has 1 N–H and O–H groups in total. The van der Waals surface area contributed by atoms with Gasteiger partial charge in [0.2, 0.25) is 0 Å². The van der Waals surface area contributed by atoms with Gasteiger partial charge >= 0.3 is 0 Å². The molecule has 0 fully saturated rings. The van der Waals surface area contributed by atoms with Crippen molar-refractivity contribution in [1.82, 2.24) is 5.32 Å². The molecule has 4 heteroatoms. The van der Waals surface area contributed by atoms with Crippen molar-refractivity contribution in [2.24, 2.45) is 0 Å². The first kappa shape index (κ1) is 15.6. The first-order chi connectivity index (χ1) is 9.56. The molecule has 106 valence electrons. The largest absolute Gasteiger partial charge is 0.455 e. The first-order valence-electron chi connectivity index (χ1n) is 6.50. The van der Waals surface area contributed by atoms with Crippen molar-refractivity contribution in [2.45, 2.75) is 26.4 Å². The summed E-state index contributed by atoms with van der Waals surface area (Å²) in [6, 6.07) is 14.2. The number of benzene rings is 2. The average molecular weight is 402 g/mol. The Balaban J connectivity index is 2.23. The lowest BCUT2D eigenvalue weighted by Gasteiger charge is -2.15. The standard InChI is InChI=1S/C16H17ClINO/c1-11(2)19-10-12-4-3-5-15(17)16(12)20-14-8-6-13(18)7-9-14/h3-9,11,19H,10H2,1-2H3. The van der Waals surface area contributed by atoms with Crippen LogP contribution in [0.15, 0.2) is 42.5 Å². The minimum Gasteiger partial charge on any atom is -0.455 e. The van der Waals surface area contributed by atoms with Gasteiger partial charge in [-0.1, -0.05) is 37.6 Å². The quantitative estimate of drug-likeness (QED) is 0.692. The van der Waals surface area contributed by atoms with Crippen molar-refractivity contribution >= 4 is 34.2 Å². The molecule has 0 bridgehead atoms. The van der Waals surface area contributed by atoms with Crippen LogP contribution in [0, 0.1) is 3.57 Å². The zero-order valence-electron chi connectivity index (χ0n) is 11.5. The van der Waals surface area contributed by atoms with E-state index < -0.39 is 0 Å². The molecule has 2 aromatic carbocycles. The Morgan fingerprint density at radius 1 is 1.15 bits per heavy atom. The second-order valence-electron chi connectivity index (χ2n) is 4.82. The SMILES string of the molecule is CC(C)NCc1cccc(Cl)c1Oc1ccc(I)cc1. The maximum atomic E-state index is 6.27. The number of hydrogen-bond acceptors (Lipinski definition) is 2. The van der Waals surface area contributed by atoms with Crippen LogP contribution >= 0.6 is 34.2 Å². The summed E-state index contributed by atoms with van der Waals surface area (Å²) in [5.41, 5.74) is 1.06. The first-order valence-corrected chi connectivity index (χ1v) is 7.96. The van der Waals surface area contributed by atoms with E-state index in [4.69, 9.17) is 16.3 Å². The van der Waals surface area contributed by atoms with Gasteiger partial charge in [0, 0.05) is 21.7 Å². The van der Waals surface area contributed by atoms with Gasteiger partial charge in [0.1, 0.15) is 11.5 Å². The predicted molar refractivity (Wildman–Crippen MR) is 92.7 cm³/mol. The van der Waals surface area contributed by atoms with Gasteiger partial charge in [-0.2, -0.15) is 0 Å². The number of ether oxygens (including phenoxy) is 1. The third-order valence-corrected chi connectivity index (χ3v) is 3.80. The molecule has 2 rings (SSSR count). The van der Waals surface area contributed by atoms with E-state index in [2.05, 4.69) is 41.8 Å². The fourth-order valence-corrected chi connectivity index (χ4v) is 2.33. The molecule has 0 saturated heterocycles. The second kappa shape index (κ2) is 7.29. The molecule has 0 saturated carbocycles. The van der Waals surface area contributed by atoms with Crippen LogP contribution in [0.2, 0.25) is 5.02 Å². The van der Waals surface area contributed by atoms with Crippen LogP contribution in [0.5, 0.6) is 11.5 Å². The number of halogens is 2. The Morgan fingerprint density at radius 3 is 2.50 bits per heavy atom. The van der Waals surface area contributed by atoms with Crippen molar-refractivity contribution in [3.63, 3.8) is 0 Å². The number of nitrogens with one attached hydrogen (secondary N) is 1. The van der Waals surface area contributed by atoms with Crippen LogP contribution in [0.4, 0.5) is 0 Å². The van der Waals surface area contributed by atoms with Crippen LogP contribution in [-0.4, -0.2) is 6.04 Å². The highest BCUT2D eigenvalue weighted by Crippen LogP contribution is 2.33. The molecule has 0 aliphatic rings. The van der Waals surface area contributed by atoms with E-state index in [1.54, 1.807) is 0 Å². The summed E-state index contributed by atoms with van der Waals surface area (Å²) in [6.45, 7) is 4.96. The number of hydrogen-bond donors (Lipinski definition) is 1. The van der Waals surface area contributed by atoms with Gasteiger partial charge in [-0.15, -0.1) is 0 Å². The highest BCUT2D eigenvalue weighted by Gasteiger charge is 2.10. The minimum absolute atomic E-state index is 0.417. The van der Waals surface area contributed by atoms with Crippen molar-refractivity contribution in [1.29, 1.82) is 0 Å². The molecule has 0 aromatic heterocycles. The fourth-order valence-electron chi connectivity index (χ4n) is 1.74. The highest BCUT2D eigenvalue weighted by atomic mass is 127. The lowest BCUT2D eigenvalue weighted by atomic mass is 10.2. The monoisotopic (exact) mass is 401 g/mol. The molecular weight excluding hydrogens is 385 g/mol. The van der Waals surface area contributed by atoms with E-state index in [0.29, 0.717) is 11.1 Å². The van der Waals surface area contributed by atoms with E-state index >= 15 is 0 Å². The van der Waals surface area contributed by atoms with Crippen LogP contribution in [0.3, 0.4) is 0 Å². The molecule has 0 heterocycles. The lowest BCUT2D eigenvalue weighted by molar-refractivity contribution is 0.469. The van der Waals surface area contributed by atoms with Gasteiger partial charge in [0.05, 0.1) is 5.02 Å². The van der Waals surface area contributed by atoms with E-state index in [1.165, 1.54) is 3.57 Å². The normalized spacial score (nSPS) is 10.8. The molecular formula is C16H17ClINO. The molecule has 0 atom stereocenters. The molecule has 0 radical (unpaired) electrons. The van der Waals surface area contributed by atoms with Crippen LogP contribution in [0.1, 0.15) is 19.4 Å². The zero-order valence-corrected chi connectivity index (χ0v) is 14.4.